The molecule has 2 N–H and O–H groups in total. The third kappa shape index (κ3) is 3.86. The van der Waals surface area contributed by atoms with Crippen molar-refractivity contribution in [3.63, 3.8) is 0 Å². The number of hydrogen-bond acceptors (Lipinski definition) is 5. The summed E-state index contributed by atoms with van der Waals surface area (Å²) in [5.41, 5.74) is 6.77. The van der Waals surface area contributed by atoms with Crippen LogP contribution in [0.15, 0.2) is 18.2 Å². The molecule has 20 heavy (non-hydrogen) atoms. The Morgan fingerprint density at radius 2 is 1.95 bits per heavy atom. The van der Waals surface area contributed by atoms with Gasteiger partial charge in [-0.2, -0.15) is 0 Å². The minimum Gasteiger partial charge on any atom is -0.486 e. The van der Waals surface area contributed by atoms with Crippen molar-refractivity contribution >= 4 is 9.84 Å². The topological polar surface area (TPSA) is 78.6 Å². The predicted molar refractivity (Wildman–Crippen MR) is 77.9 cm³/mol. The minimum atomic E-state index is -3.11. The Labute approximate surface area is 120 Å². The Bertz CT molecular complexity index is 556. The summed E-state index contributed by atoms with van der Waals surface area (Å²) < 4.78 is 34.8. The van der Waals surface area contributed by atoms with Crippen molar-refractivity contribution < 1.29 is 17.9 Å². The molecule has 0 bridgehead atoms. The van der Waals surface area contributed by atoms with E-state index in [-0.39, 0.29) is 11.5 Å². The first-order valence-corrected chi connectivity index (χ1v) is 8.69. The summed E-state index contributed by atoms with van der Waals surface area (Å²) in [6.07, 6.45) is 1.54. The fourth-order valence-corrected chi connectivity index (χ4v) is 3.74. The van der Waals surface area contributed by atoms with E-state index in [1.54, 1.807) is 18.2 Å². The summed E-state index contributed by atoms with van der Waals surface area (Å²) in [5, 5.41) is 0. The molecule has 0 aliphatic carbocycles. The van der Waals surface area contributed by atoms with Crippen LogP contribution in [0.2, 0.25) is 0 Å². The highest BCUT2D eigenvalue weighted by Crippen LogP contribution is 2.32. The van der Waals surface area contributed by atoms with Crippen LogP contribution in [-0.4, -0.2) is 33.1 Å². The lowest BCUT2D eigenvalue weighted by molar-refractivity contribution is 0.171. The summed E-state index contributed by atoms with van der Waals surface area (Å²) >= 11 is 0. The minimum absolute atomic E-state index is 0.0351. The van der Waals surface area contributed by atoms with Gasteiger partial charge in [0.15, 0.2) is 21.3 Å². The van der Waals surface area contributed by atoms with Crippen LogP contribution in [0.4, 0.5) is 0 Å². The lowest BCUT2D eigenvalue weighted by atomic mass is 10.1. The molecule has 1 aliphatic heterocycles. The normalized spacial score (nSPS) is 15.9. The molecule has 0 spiro atoms. The molecular weight excluding hydrogens is 278 g/mol. The van der Waals surface area contributed by atoms with Gasteiger partial charge in [-0.3, -0.25) is 0 Å². The summed E-state index contributed by atoms with van der Waals surface area (Å²) in [7, 11) is -3.11. The van der Waals surface area contributed by atoms with Crippen molar-refractivity contribution in [2.75, 3.05) is 24.7 Å². The highest BCUT2D eigenvalue weighted by Gasteiger charge is 2.19. The first-order chi connectivity index (χ1) is 9.52. The number of nitrogens with two attached hydrogens (primary N) is 1. The van der Waals surface area contributed by atoms with Gasteiger partial charge in [-0.15, -0.1) is 0 Å². The van der Waals surface area contributed by atoms with Gasteiger partial charge in [0, 0.05) is 6.04 Å². The van der Waals surface area contributed by atoms with Crippen molar-refractivity contribution in [2.45, 2.75) is 25.8 Å². The van der Waals surface area contributed by atoms with Gasteiger partial charge in [-0.05, 0) is 24.1 Å². The van der Waals surface area contributed by atoms with Gasteiger partial charge in [0.25, 0.3) is 0 Å². The molecule has 2 rings (SSSR count). The zero-order valence-corrected chi connectivity index (χ0v) is 12.5. The van der Waals surface area contributed by atoms with E-state index < -0.39 is 15.9 Å². The third-order valence-corrected chi connectivity index (χ3v) is 5.01. The summed E-state index contributed by atoms with van der Waals surface area (Å²) in [6, 6.07) is 4.82. The van der Waals surface area contributed by atoms with Crippen LogP contribution in [0.1, 0.15) is 31.4 Å². The van der Waals surface area contributed by atoms with Crippen molar-refractivity contribution in [2.24, 2.45) is 5.73 Å². The standard InChI is InChI=1S/C14H21NO4S/c1-2-3-8-20(16,17)10-12(15)11-4-5-13-14(9-11)19-7-6-18-13/h4-5,9,12H,2-3,6-8,10,15H2,1H3. The van der Waals surface area contributed by atoms with E-state index in [9.17, 15) is 8.42 Å². The van der Waals surface area contributed by atoms with Gasteiger partial charge in [0.1, 0.15) is 13.2 Å². The zero-order chi connectivity index (χ0) is 14.6. The average molecular weight is 299 g/mol. The molecule has 1 aromatic carbocycles. The average Bonchev–Trinajstić information content (AvgIpc) is 2.44. The summed E-state index contributed by atoms with van der Waals surface area (Å²) in [4.78, 5) is 0. The number of benzene rings is 1. The monoisotopic (exact) mass is 299 g/mol. The Hall–Kier alpha value is -1.27. The maximum atomic E-state index is 11.9. The maximum absolute atomic E-state index is 11.9. The first kappa shape index (κ1) is 15.1. The van der Waals surface area contributed by atoms with Crippen LogP contribution >= 0.6 is 0 Å². The molecule has 5 nitrogen and oxygen atoms in total. The SMILES string of the molecule is CCCCS(=O)(=O)CC(N)c1ccc2c(c1)OCCO2. The van der Waals surface area contributed by atoms with Gasteiger partial charge < -0.3 is 15.2 Å². The van der Waals surface area contributed by atoms with E-state index in [1.807, 2.05) is 6.92 Å². The molecule has 1 atom stereocenters. The number of fused-ring (bicyclic) bond motifs is 1. The maximum Gasteiger partial charge on any atom is 0.161 e. The van der Waals surface area contributed by atoms with E-state index >= 15 is 0 Å². The van der Waals surface area contributed by atoms with Gasteiger partial charge in [-0.25, -0.2) is 8.42 Å². The molecule has 0 fully saturated rings. The van der Waals surface area contributed by atoms with E-state index in [0.717, 1.165) is 12.0 Å². The van der Waals surface area contributed by atoms with Crippen LogP contribution in [0.25, 0.3) is 0 Å². The molecule has 1 unspecified atom stereocenters. The molecule has 112 valence electrons. The van der Waals surface area contributed by atoms with Crippen LogP contribution in [0, 0.1) is 0 Å². The molecular formula is C14H21NO4S. The fraction of sp³-hybridized carbons (Fsp3) is 0.571. The molecule has 1 aliphatic rings. The van der Waals surface area contributed by atoms with Crippen molar-refractivity contribution in [3.05, 3.63) is 23.8 Å². The smallest absolute Gasteiger partial charge is 0.161 e. The molecule has 1 aromatic rings. The van der Waals surface area contributed by atoms with E-state index in [4.69, 9.17) is 15.2 Å². The van der Waals surface area contributed by atoms with Gasteiger partial charge >= 0.3 is 0 Å². The lowest BCUT2D eigenvalue weighted by Crippen LogP contribution is -2.24. The molecule has 0 radical (unpaired) electrons. The van der Waals surface area contributed by atoms with E-state index in [1.165, 1.54) is 0 Å². The molecule has 0 saturated carbocycles. The van der Waals surface area contributed by atoms with Crippen molar-refractivity contribution in [1.29, 1.82) is 0 Å². The number of hydrogen-bond donors (Lipinski definition) is 1. The molecule has 0 saturated heterocycles. The number of unbranched alkanes of at least 4 members (excludes halogenated alkanes) is 1. The highest BCUT2D eigenvalue weighted by atomic mass is 32.2. The van der Waals surface area contributed by atoms with Gasteiger partial charge in [-0.1, -0.05) is 19.4 Å². The quantitative estimate of drug-likeness (QED) is 0.864. The van der Waals surface area contributed by atoms with Crippen molar-refractivity contribution in [1.82, 2.24) is 0 Å². The summed E-state index contributed by atoms with van der Waals surface area (Å²) in [5.74, 6) is 1.48. The van der Waals surface area contributed by atoms with Gasteiger partial charge in [0.2, 0.25) is 0 Å². The summed E-state index contributed by atoms with van der Waals surface area (Å²) in [6.45, 7) is 3.00. The second kappa shape index (κ2) is 6.45. The number of rotatable bonds is 6. The number of ether oxygens (including phenoxy) is 2. The largest absolute Gasteiger partial charge is 0.486 e. The highest BCUT2D eigenvalue weighted by molar-refractivity contribution is 7.91. The Morgan fingerprint density at radius 3 is 2.65 bits per heavy atom. The lowest BCUT2D eigenvalue weighted by Gasteiger charge is -2.20. The molecule has 0 aromatic heterocycles. The van der Waals surface area contributed by atoms with Crippen LogP contribution in [-0.2, 0) is 9.84 Å². The fourth-order valence-electron chi connectivity index (χ4n) is 2.11. The van der Waals surface area contributed by atoms with E-state index in [0.29, 0.717) is 31.1 Å². The first-order valence-electron chi connectivity index (χ1n) is 6.87. The number of sulfone groups is 1. The predicted octanol–water partition coefficient (Wildman–Crippen LogP) is 1.67. The van der Waals surface area contributed by atoms with Gasteiger partial charge in [0.05, 0.1) is 11.5 Å². The Morgan fingerprint density at radius 1 is 1.25 bits per heavy atom. The van der Waals surface area contributed by atoms with Crippen LogP contribution in [0.5, 0.6) is 11.5 Å². The molecule has 0 amide bonds. The second-order valence-corrected chi connectivity index (χ2v) is 7.21. The van der Waals surface area contributed by atoms with Crippen molar-refractivity contribution in [3.8, 4) is 11.5 Å². The molecule has 6 heteroatoms. The third-order valence-electron chi connectivity index (χ3n) is 3.24. The van der Waals surface area contributed by atoms with E-state index in [2.05, 4.69) is 0 Å². The Kier molecular flexibility index (Phi) is 4.88. The second-order valence-electron chi connectivity index (χ2n) is 4.98. The molecule has 1 heterocycles. The van der Waals surface area contributed by atoms with Crippen LogP contribution < -0.4 is 15.2 Å². The zero-order valence-electron chi connectivity index (χ0n) is 11.7. The Balaban J connectivity index is 2.07. The van der Waals surface area contributed by atoms with Crippen LogP contribution in [0.3, 0.4) is 0 Å².